The minimum Gasteiger partial charge on any atom is -0.483 e. The number of nitrogens with zero attached hydrogens (tertiary/aromatic N) is 3. The largest absolute Gasteiger partial charge is 0.483 e. The van der Waals surface area contributed by atoms with Gasteiger partial charge >= 0.3 is 5.97 Å². The zero-order chi connectivity index (χ0) is 59.7. The molecule has 6 fully saturated rings. The molecule has 5 aromatic rings. The average molecular weight is 1150 g/mol. The van der Waals surface area contributed by atoms with Gasteiger partial charge in [0.05, 0.1) is 35.8 Å². The van der Waals surface area contributed by atoms with Crippen LogP contribution in [-0.4, -0.2) is 144 Å². The summed E-state index contributed by atoms with van der Waals surface area (Å²) in [4.78, 5) is 131. The molecule has 5 aromatic carbocycles. The quantitative estimate of drug-likeness (QED) is 0.0660. The molecule has 4 saturated carbocycles. The molecule has 12 atom stereocenters. The van der Waals surface area contributed by atoms with Crippen LogP contribution in [0, 0.1) is 23.7 Å². The van der Waals surface area contributed by atoms with Crippen molar-refractivity contribution in [3.63, 3.8) is 0 Å². The number of amides is 8. The number of hydrogen-bond acceptors (Lipinski definition) is 12. The molecule has 0 unspecified atom stereocenters. The molecule has 2 aliphatic heterocycles. The zero-order valence-electron chi connectivity index (χ0n) is 47.9. The Morgan fingerprint density at radius 1 is 0.494 bits per heavy atom. The SMILES string of the molecule is CC(C)(C)OC(=O)CN(C(=O)CN)C(=O)COc1cc(C(=O)N2C[C@@H](C(=O)N[C@H]3C[C@@H]3c3ccccc3)[C@H](C(=O)N[C@H]3C[C@@H]3c3ccccc3)C2)ccc1C(=O)N1C[C@@H](C(=O)N[C@H]2C[C@@H]2c2ccccc2)[C@H](C(=O)N[C@H]2C[C@@H]2c2ccccc2)C1. The van der Waals surface area contributed by atoms with Crippen LogP contribution >= 0.6 is 0 Å². The number of benzene rings is 5. The average Bonchev–Trinajstić information content (AvgIpc) is 2.46. The highest BCUT2D eigenvalue weighted by Crippen LogP contribution is 2.45. The molecule has 6 aliphatic rings. The van der Waals surface area contributed by atoms with Crippen LogP contribution in [0.25, 0.3) is 0 Å². The molecule has 8 amide bonds. The number of hydrogen-bond donors (Lipinski definition) is 5. The van der Waals surface area contributed by atoms with E-state index in [2.05, 4.69) is 21.3 Å². The topological polar surface area (TPSA) is 256 Å². The van der Waals surface area contributed by atoms with Gasteiger partial charge in [-0.2, -0.15) is 0 Å². The van der Waals surface area contributed by atoms with Crippen LogP contribution in [0.15, 0.2) is 140 Å². The maximum absolute atomic E-state index is 15.1. The lowest BCUT2D eigenvalue weighted by Crippen LogP contribution is -2.47. The van der Waals surface area contributed by atoms with E-state index in [-0.39, 0.29) is 115 Å². The van der Waals surface area contributed by atoms with Gasteiger partial charge in [0.2, 0.25) is 29.5 Å². The lowest BCUT2D eigenvalue weighted by molar-refractivity contribution is -0.162. The van der Waals surface area contributed by atoms with E-state index in [9.17, 15) is 38.4 Å². The van der Waals surface area contributed by atoms with Gasteiger partial charge in [-0.25, -0.2) is 0 Å². The number of ether oxygens (including phenoxy) is 2. The summed E-state index contributed by atoms with van der Waals surface area (Å²) in [7, 11) is 0. The number of carbonyl (C=O) groups is 9. The third kappa shape index (κ3) is 13.6. The number of nitrogens with one attached hydrogen (secondary N) is 4. The first-order valence-electron chi connectivity index (χ1n) is 29.4. The van der Waals surface area contributed by atoms with Crippen molar-refractivity contribution in [2.24, 2.45) is 29.4 Å². The standard InChI is InChI=1S/C66H72N8O11/c1-66(2,3)85-59(77)36-74(57(75)31-67)58(76)37-84-56-26-42(64(82)72-32-48(60(78)68-52-27-44(52)38-16-8-4-9-17-38)49(33-72)61(79)69-53-28-45(53)39-18-10-5-11-19-39)24-25-43(56)65(83)73-34-50(62(80)70-54-29-46(54)40-20-12-6-13-21-40)51(35-73)63(81)71-55-30-47(55)41-22-14-7-15-23-41/h4-26,44-55H,27-37,67H2,1-3H3,(H,68,78)(H,69,79)(H,70,80)(H,71,81)/t44-,45-,46-,47-,48-,49-,50-,51-,52+,53+,54+,55+/m1/s1. The Morgan fingerprint density at radius 2 is 0.847 bits per heavy atom. The molecule has 0 radical (unpaired) electrons. The zero-order valence-corrected chi connectivity index (χ0v) is 47.9. The molecule has 2 heterocycles. The van der Waals surface area contributed by atoms with E-state index >= 15 is 4.79 Å². The summed E-state index contributed by atoms with van der Waals surface area (Å²) in [5.41, 5.74) is 8.91. The van der Waals surface area contributed by atoms with Crippen LogP contribution in [0.5, 0.6) is 5.75 Å². The Kier molecular flexibility index (Phi) is 16.7. The van der Waals surface area contributed by atoms with E-state index in [0.29, 0.717) is 17.7 Å². The Labute approximate surface area is 493 Å². The van der Waals surface area contributed by atoms with Crippen molar-refractivity contribution in [3.8, 4) is 5.75 Å². The van der Waals surface area contributed by atoms with E-state index in [0.717, 1.165) is 35.1 Å². The van der Waals surface area contributed by atoms with E-state index in [1.54, 1.807) is 20.8 Å². The second-order valence-corrected chi connectivity index (χ2v) is 24.5. The molecule has 11 rings (SSSR count). The molecule has 0 spiro atoms. The van der Waals surface area contributed by atoms with E-state index < -0.39 is 78.6 Å². The van der Waals surface area contributed by atoms with Crippen molar-refractivity contribution >= 4 is 53.2 Å². The molecule has 19 heteroatoms. The normalized spacial score (nSPS) is 26.0. The van der Waals surface area contributed by atoms with Crippen LogP contribution in [0.1, 0.15) is 113 Å². The van der Waals surface area contributed by atoms with Gasteiger partial charge in [-0.15, -0.1) is 0 Å². The molecule has 19 nitrogen and oxygen atoms in total. The molecule has 0 aromatic heterocycles. The van der Waals surface area contributed by atoms with Crippen molar-refractivity contribution in [2.75, 3.05) is 45.9 Å². The molecular formula is C66H72N8O11. The van der Waals surface area contributed by atoms with Crippen LogP contribution in [0.4, 0.5) is 0 Å². The van der Waals surface area contributed by atoms with Gasteiger partial charge in [0.15, 0.2) is 6.61 Å². The Hall–Kier alpha value is -8.71. The first kappa shape index (κ1) is 58.1. The summed E-state index contributed by atoms with van der Waals surface area (Å²) in [5.74, 6) is -9.17. The van der Waals surface area contributed by atoms with E-state index in [1.807, 2.05) is 121 Å². The number of esters is 1. The third-order valence-electron chi connectivity index (χ3n) is 17.2. The van der Waals surface area contributed by atoms with Gasteiger partial charge in [0.25, 0.3) is 17.7 Å². The first-order valence-corrected chi connectivity index (χ1v) is 29.4. The number of imide groups is 1. The lowest BCUT2D eigenvalue weighted by atomic mass is 9.94. The number of likely N-dealkylation sites (tertiary alicyclic amines) is 2. The van der Waals surface area contributed by atoms with E-state index in [1.165, 1.54) is 28.0 Å². The predicted molar refractivity (Wildman–Crippen MR) is 312 cm³/mol. The second kappa shape index (κ2) is 24.5. The number of carbonyl (C=O) groups excluding carboxylic acids is 9. The minimum atomic E-state index is -1.01. The van der Waals surface area contributed by atoms with Crippen molar-refractivity contribution in [2.45, 2.75) is 99.9 Å². The summed E-state index contributed by atoms with van der Waals surface area (Å²) in [6, 6.07) is 42.7. The predicted octanol–water partition coefficient (Wildman–Crippen LogP) is 4.79. The van der Waals surface area contributed by atoms with Crippen molar-refractivity contribution < 1.29 is 52.6 Å². The maximum atomic E-state index is 15.1. The van der Waals surface area contributed by atoms with Gasteiger partial charge in [0, 0.05) is 79.6 Å². The summed E-state index contributed by atoms with van der Waals surface area (Å²) in [6.07, 6.45) is 2.87. The van der Waals surface area contributed by atoms with Crippen LogP contribution in [0.3, 0.4) is 0 Å². The number of nitrogens with two attached hydrogens (primary N) is 1. The summed E-state index contributed by atoms with van der Waals surface area (Å²) >= 11 is 0. The molecule has 2 saturated heterocycles. The van der Waals surface area contributed by atoms with Crippen molar-refractivity contribution in [1.29, 1.82) is 0 Å². The summed E-state index contributed by atoms with van der Waals surface area (Å²) < 4.78 is 11.5. The first-order chi connectivity index (χ1) is 40.9. The Balaban J connectivity index is 0.857. The summed E-state index contributed by atoms with van der Waals surface area (Å²) in [6.45, 7) is 1.98. The summed E-state index contributed by atoms with van der Waals surface area (Å²) in [5, 5.41) is 12.6. The fourth-order valence-electron chi connectivity index (χ4n) is 12.3. The molecule has 0 bridgehead atoms. The highest BCUT2D eigenvalue weighted by atomic mass is 16.6. The fourth-order valence-corrected chi connectivity index (χ4v) is 12.3. The third-order valence-corrected chi connectivity index (χ3v) is 17.2. The van der Waals surface area contributed by atoms with Gasteiger partial charge in [0.1, 0.15) is 17.9 Å². The Bertz CT molecular complexity index is 3210. The van der Waals surface area contributed by atoms with Gasteiger partial charge in [-0.05, 0) is 86.9 Å². The maximum Gasteiger partial charge on any atom is 0.326 e. The Morgan fingerprint density at radius 3 is 1.19 bits per heavy atom. The molecule has 442 valence electrons. The molecular weight excluding hydrogens is 1080 g/mol. The van der Waals surface area contributed by atoms with Crippen molar-refractivity contribution in [1.82, 2.24) is 36.0 Å². The smallest absolute Gasteiger partial charge is 0.326 e. The molecule has 85 heavy (non-hydrogen) atoms. The van der Waals surface area contributed by atoms with Gasteiger partial charge < -0.3 is 46.3 Å². The number of rotatable bonds is 20. The second-order valence-electron chi connectivity index (χ2n) is 24.5. The highest BCUT2D eigenvalue weighted by Gasteiger charge is 2.51. The molecule has 4 aliphatic carbocycles. The van der Waals surface area contributed by atoms with Gasteiger partial charge in [-0.1, -0.05) is 121 Å². The van der Waals surface area contributed by atoms with Crippen molar-refractivity contribution in [3.05, 3.63) is 173 Å². The van der Waals surface area contributed by atoms with Crippen LogP contribution in [0.2, 0.25) is 0 Å². The highest BCUT2D eigenvalue weighted by molar-refractivity contribution is 6.03. The lowest BCUT2D eigenvalue weighted by Gasteiger charge is -2.24. The monoisotopic (exact) mass is 1150 g/mol. The fraction of sp³-hybridized carbons (Fsp3) is 0.409. The van der Waals surface area contributed by atoms with E-state index in [4.69, 9.17) is 15.2 Å². The van der Waals surface area contributed by atoms with Gasteiger partial charge in [-0.3, -0.25) is 48.1 Å². The molecule has 6 N–H and O–H groups in total. The minimum absolute atomic E-state index is 0.0220. The van der Waals surface area contributed by atoms with Crippen LogP contribution < -0.4 is 31.7 Å². The van der Waals surface area contributed by atoms with Crippen LogP contribution in [-0.2, 0) is 38.3 Å².